The first-order valence-corrected chi connectivity index (χ1v) is 7.12. The van der Waals surface area contributed by atoms with Crippen molar-refractivity contribution in [3.8, 4) is 0 Å². The van der Waals surface area contributed by atoms with Crippen molar-refractivity contribution < 1.29 is 4.79 Å². The highest BCUT2D eigenvalue weighted by Gasteiger charge is 2.27. The van der Waals surface area contributed by atoms with Gasteiger partial charge in [-0.25, -0.2) is 0 Å². The second-order valence-electron chi connectivity index (χ2n) is 6.24. The SMILES string of the molecule is CC(C)c1cc2c(c(C(C)C)c1)C(C)CCC2=O. The summed E-state index contributed by atoms with van der Waals surface area (Å²) in [4.78, 5) is 12.2. The number of Topliss-reactive ketones (excluding diaryl/α,β-unsaturated/α-hetero) is 1. The number of carbonyl (C=O) groups excluding carboxylic acids is 1. The number of rotatable bonds is 2. The number of benzene rings is 1. The van der Waals surface area contributed by atoms with Crippen LogP contribution in [-0.4, -0.2) is 5.78 Å². The molecule has 0 spiro atoms. The van der Waals surface area contributed by atoms with Crippen LogP contribution in [0, 0.1) is 0 Å². The van der Waals surface area contributed by atoms with Gasteiger partial charge in [-0.05, 0) is 46.9 Å². The molecule has 1 unspecified atom stereocenters. The average molecular weight is 244 g/mol. The lowest BCUT2D eigenvalue weighted by molar-refractivity contribution is 0.0967. The van der Waals surface area contributed by atoms with Crippen LogP contribution < -0.4 is 0 Å². The largest absolute Gasteiger partial charge is 0.294 e. The molecule has 0 N–H and O–H groups in total. The average Bonchev–Trinajstić information content (AvgIpc) is 2.32. The summed E-state index contributed by atoms with van der Waals surface area (Å²) in [5.74, 6) is 1.84. The fraction of sp³-hybridized carbons (Fsp3) is 0.588. The maximum atomic E-state index is 12.2. The lowest BCUT2D eigenvalue weighted by Crippen LogP contribution is -2.17. The first kappa shape index (κ1) is 13.3. The van der Waals surface area contributed by atoms with Crippen LogP contribution >= 0.6 is 0 Å². The third-order valence-electron chi connectivity index (χ3n) is 4.12. The van der Waals surface area contributed by atoms with Gasteiger partial charge in [0.25, 0.3) is 0 Å². The molecule has 18 heavy (non-hydrogen) atoms. The van der Waals surface area contributed by atoms with E-state index in [2.05, 4.69) is 46.8 Å². The van der Waals surface area contributed by atoms with E-state index >= 15 is 0 Å². The third kappa shape index (κ3) is 2.23. The van der Waals surface area contributed by atoms with Gasteiger partial charge in [0, 0.05) is 12.0 Å². The van der Waals surface area contributed by atoms with E-state index in [4.69, 9.17) is 0 Å². The number of hydrogen-bond acceptors (Lipinski definition) is 1. The number of carbonyl (C=O) groups is 1. The highest BCUT2D eigenvalue weighted by Crippen LogP contribution is 2.38. The van der Waals surface area contributed by atoms with Gasteiger partial charge >= 0.3 is 0 Å². The third-order valence-corrected chi connectivity index (χ3v) is 4.12. The fourth-order valence-electron chi connectivity index (χ4n) is 2.92. The Morgan fingerprint density at radius 3 is 2.33 bits per heavy atom. The Balaban J connectivity index is 2.68. The maximum Gasteiger partial charge on any atom is 0.163 e. The summed E-state index contributed by atoms with van der Waals surface area (Å²) in [5, 5.41) is 0. The van der Waals surface area contributed by atoms with Crippen LogP contribution in [0.5, 0.6) is 0 Å². The van der Waals surface area contributed by atoms with E-state index in [-0.39, 0.29) is 0 Å². The molecule has 0 aromatic heterocycles. The number of ketones is 1. The van der Waals surface area contributed by atoms with Gasteiger partial charge in [0.05, 0.1) is 0 Å². The molecule has 0 fully saturated rings. The van der Waals surface area contributed by atoms with E-state index in [0.717, 1.165) is 12.0 Å². The van der Waals surface area contributed by atoms with Gasteiger partial charge in [-0.2, -0.15) is 0 Å². The smallest absolute Gasteiger partial charge is 0.163 e. The highest BCUT2D eigenvalue weighted by atomic mass is 16.1. The summed E-state index contributed by atoms with van der Waals surface area (Å²) < 4.78 is 0. The summed E-state index contributed by atoms with van der Waals surface area (Å²) in [5.41, 5.74) is 5.02. The van der Waals surface area contributed by atoms with Crippen LogP contribution in [0.3, 0.4) is 0 Å². The molecule has 0 saturated heterocycles. The van der Waals surface area contributed by atoms with Crippen molar-refractivity contribution in [2.75, 3.05) is 0 Å². The molecule has 0 heterocycles. The molecule has 0 radical (unpaired) electrons. The first-order chi connectivity index (χ1) is 8.41. The van der Waals surface area contributed by atoms with E-state index in [1.54, 1.807) is 0 Å². The van der Waals surface area contributed by atoms with Gasteiger partial charge in [0.2, 0.25) is 0 Å². The van der Waals surface area contributed by atoms with Crippen LogP contribution in [0.4, 0.5) is 0 Å². The Labute approximate surface area is 111 Å². The normalized spacial score (nSPS) is 19.5. The Hall–Kier alpha value is -1.11. The number of hydrogen-bond donors (Lipinski definition) is 0. The van der Waals surface area contributed by atoms with E-state index in [0.29, 0.717) is 30.0 Å². The van der Waals surface area contributed by atoms with Crippen LogP contribution in [0.1, 0.15) is 92.3 Å². The van der Waals surface area contributed by atoms with Gasteiger partial charge in [-0.15, -0.1) is 0 Å². The van der Waals surface area contributed by atoms with Crippen molar-refractivity contribution in [2.45, 2.75) is 65.2 Å². The maximum absolute atomic E-state index is 12.2. The van der Waals surface area contributed by atoms with Crippen molar-refractivity contribution in [3.05, 3.63) is 34.4 Å². The summed E-state index contributed by atoms with van der Waals surface area (Å²) in [6.07, 6.45) is 1.72. The lowest BCUT2D eigenvalue weighted by atomic mass is 9.76. The highest BCUT2D eigenvalue weighted by molar-refractivity contribution is 5.99. The molecule has 1 heteroatoms. The number of fused-ring (bicyclic) bond motifs is 1. The quantitative estimate of drug-likeness (QED) is 0.714. The first-order valence-electron chi connectivity index (χ1n) is 7.12. The Bertz CT molecular complexity index is 469. The van der Waals surface area contributed by atoms with Gasteiger partial charge in [0.1, 0.15) is 0 Å². The van der Waals surface area contributed by atoms with Crippen molar-refractivity contribution in [1.82, 2.24) is 0 Å². The topological polar surface area (TPSA) is 17.1 Å². The summed E-state index contributed by atoms with van der Waals surface area (Å²) in [7, 11) is 0. The molecule has 1 atom stereocenters. The van der Waals surface area contributed by atoms with Crippen LogP contribution in [-0.2, 0) is 0 Å². The van der Waals surface area contributed by atoms with E-state index in [9.17, 15) is 4.79 Å². The van der Waals surface area contributed by atoms with Crippen molar-refractivity contribution in [3.63, 3.8) is 0 Å². The van der Waals surface area contributed by atoms with Crippen LogP contribution in [0.15, 0.2) is 12.1 Å². The molecule has 1 aliphatic carbocycles. The van der Waals surface area contributed by atoms with Crippen LogP contribution in [0.2, 0.25) is 0 Å². The van der Waals surface area contributed by atoms with E-state index in [1.807, 2.05) is 0 Å². The standard InChI is InChI=1S/C17H24O/c1-10(2)13-8-14(11(3)4)17-12(5)6-7-16(18)15(17)9-13/h8-12H,6-7H2,1-5H3. The fourth-order valence-corrected chi connectivity index (χ4v) is 2.92. The Morgan fingerprint density at radius 2 is 1.78 bits per heavy atom. The molecular formula is C17H24O. The predicted molar refractivity (Wildman–Crippen MR) is 76.6 cm³/mol. The second-order valence-corrected chi connectivity index (χ2v) is 6.24. The molecule has 0 aliphatic heterocycles. The molecular weight excluding hydrogens is 220 g/mol. The zero-order valence-corrected chi connectivity index (χ0v) is 12.2. The molecule has 2 rings (SSSR count). The minimum absolute atomic E-state index is 0.340. The van der Waals surface area contributed by atoms with Crippen molar-refractivity contribution in [2.24, 2.45) is 0 Å². The molecule has 0 bridgehead atoms. The van der Waals surface area contributed by atoms with Gasteiger partial charge in [-0.1, -0.05) is 40.7 Å². The van der Waals surface area contributed by atoms with E-state index < -0.39 is 0 Å². The Kier molecular flexibility index (Phi) is 3.61. The van der Waals surface area contributed by atoms with Gasteiger partial charge in [-0.3, -0.25) is 4.79 Å². The van der Waals surface area contributed by atoms with Crippen molar-refractivity contribution in [1.29, 1.82) is 0 Å². The zero-order chi connectivity index (χ0) is 13.4. The lowest BCUT2D eigenvalue weighted by Gasteiger charge is -2.27. The minimum atomic E-state index is 0.340. The van der Waals surface area contributed by atoms with Gasteiger partial charge in [0.15, 0.2) is 5.78 Å². The summed E-state index contributed by atoms with van der Waals surface area (Å²) in [6.45, 7) is 11.1. The molecule has 1 nitrogen and oxygen atoms in total. The van der Waals surface area contributed by atoms with Gasteiger partial charge < -0.3 is 0 Å². The zero-order valence-electron chi connectivity index (χ0n) is 12.2. The van der Waals surface area contributed by atoms with Crippen LogP contribution in [0.25, 0.3) is 0 Å². The molecule has 0 amide bonds. The second kappa shape index (κ2) is 4.87. The monoisotopic (exact) mass is 244 g/mol. The van der Waals surface area contributed by atoms with Crippen molar-refractivity contribution >= 4 is 5.78 Å². The minimum Gasteiger partial charge on any atom is -0.294 e. The molecule has 1 aromatic carbocycles. The molecule has 1 aliphatic rings. The summed E-state index contributed by atoms with van der Waals surface area (Å²) in [6, 6.07) is 4.47. The molecule has 1 aromatic rings. The summed E-state index contributed by atoms with van der Waals surface area (Å²) >= 11 is 0. The molecule has 0 saturated carbocycles. The van der Waals surface area contributed by atoms with E-state index in [1.165, 1.54) is 16.7 Å². The molecule has 98 valence electrons. The predicted octanol–water partition coefficient (Wildman–Crippen LogP) is 5.01. The Morgan fingerprint density at radius 1 is 1.11 bits per heavy atom.